The molecule has 1 aromatic rings. The van der Waals surface area contributed by atoms with Crippen LogP contribution in [0, 0.1) is 0 Å². The number of oxime groups is 1. The highest BCUT2D eigenvalue weighted by Crippen LogP contribution is 2.05. The summed E-state index contributed by atoms with van der Waals surface area (Å²) in [6, 6.07) is 8.79. The van der Waals surface area contributed by atoms with Crippen LogP contribution in [0.2, 0.25) is 0 Å². The van der Waals surface area contributed by atoms with Gasteiger partial charge in [-0.3, -0.25) is 9.59 Å². The molecule has 0 bridgehead atoms. The van der Waals surface area contributed by atoms with Crippen LogP contribution in [0.25, 0.3) is 0 Å². The highest BCUT2D eigenvalue weighted by molar-refractivity contribution is 6.67. The predicted octanol–water partition coefficient (Wildman–Crippen LogP) is 1.22. The Hall–Kier alpha value is -2.17. The van der Waals surface area contributed by atoms with Crippen LogP contribution in [0.5, 0.6) is 0 Å². The minimum atomic E-state index is -0.583. The first-order valence-electron chi connectivity index (χ1n) is 4.63. The zero-order valence-electron chi connectivity index (χ0n) is 9.06. The Morgan fingerprint density at radius 2 is 1.88 bits per heavy atom. The van der Waals surface area contributed by atoms with Crippen molar-refractivity contribution in [3.05, 3.63) is 30.3 Å². The second-order valence-electron chi connectivity index (χ2n) is 3.00. The Labute approximate surface area is 93.1 Å². The summed E-state index contributed by atoms with van der Waals surface area (Å²) in [4.78, 5) is 27.1. The molecule has 16 heavy (non-hydrogen) atoms. The van der Waals surface area contributed by atoms with Gasteiger partial charge in [0.05, 0.1) is 0 Å². The maximum Gasteiger partial charge on any atom is 0.281 e. The number of hydrogen-bond acceptors (Lipinski definition) is 4. The fourth-order valence-corrected chi connectivity index (χ4v) is 1.07. The summed E-state index contributed by atoms with van der Waals surface area (Å²) in [5, 5.41) is 5.91. The number of benzene rings is 1. The molecule has 0 spiro atoms. The molecule has 0 saturated carbocycles. The fraction of sp³-hybridized carbons (Fsp3) is 0.182. The average molecular weight is 220 g/mol. The first kappa shape index (κ1) is 11.9. The van der Waals surface area contributed by atoms with E-state index >= 15 is 0 Å². The second kappa shape index (κ2) is 5.65. The van der Waals surface area contributed by atoms with Crippen molar-refractivity contribution < 1.29 is 14.4 Å². The Morgan fingerprint density at radius 3 is 2.38 bits per heavy atom. The molecule has 0 atom stereocenters. The number of rotatable bonds is 4. The minimum absolute atomic E-state index is 0.258. The normalized spacial score (nSPS) is 10.8. The van der Waals surface area contributed by atoms with Gasteiger partial charge in [0.25, 0.3) is 5.91 Å². The van der Waals surface area contributed by atoms with Gasteiger partial charge in [-0.1, -0.05) is 23.4 Å². The van der Waals surface area contributed by atoms with E-state index in [-0.39, 0.29) is 5.71 Å². The maximum atomic E-state index is 11.6. The van der Waals surface area contributed by atoms with E-state index < -0.39 is 11.7 Å². The number of carbonyl (C=O) groups is 2. The van der Waals surface area contributed by atoms with E-state index in [1.807, 2.05) is 6.07 Å². The number of para-hydroxylation sites is 1. The highest BCUT2D eigenvalue weighted by atomic mass is 16.6. The van der Waals surface area contributed by atoms with Crippen LogP contribution in [-0.4, -0.2) is 24.5 Å². The molecule has 0 aliphatic rings. The van der Waals surface area contributed by atoms with Crippen molar-refractivity contribution in [2.45, 2.75) is 6.92 Å². The third-order valence-corrected chi connectivity index (χ3v) is 1.76. The van der Waals surface area contributed by atoms with E-state index in [2.05, 4.69) is 15.3 Å². The van der Waals surface area contributed by atoms with E-state index in [0.717, 1.165) is 0 Å². The van der Waals surface area contributed by atoms with Gasteiger partial charge in [0.1, 0.15) is 7.11 Å². The van der Waals surface area contributed by atoms with Crippen LogP contribution >= 0.6 is 0 Å². The molecule has 1 rings (SSSR count). The number of nitrogens with zero attached hydrogens (tertiary/aromatic N) is 1. The van der Waals surface area contributed by atoms with Crippen molar-refractivity contribution in [3.63, 3.8) is 0 Å². The zero-order valence-corrected chi connectivity index (χ0v) is 9.06. The monoisotopic (exact) mass is 220 g/mol. The largest absolute Gasteiger partial charge is 0.398 e. The molecule has 0 heterocycles. The minimum Gasteiger partial charge on any atom is -0.398 e. The number of carbonyl (C=O) groups excluding carboxylic acids is 2. The third-order valence-electron chi connectivity index (χ3n) is 1.76. The summed E-state index contributed by atoms with van der Waals surface area (Å²) < 4.78 is 0. The molecule has 5 heteroatoms. The lowest BCUT2D eigenvalue weighted by Crippen LogP contribution is -2.28. The van der Waals surface area contributed by atoms with Crippen molar-refractivity contribution >= 4 is 23.1 Å². The summed E-state index contributed by atoms with van der Waals surface area (Å²) in [6.45, 7) is 1.25. The van der Waals surface area contributed by atoms with Crippen LogP contribution in [-0.2, 0) is 14.4 Å². The number of amides is 1. The van der Waals surface area contributed by atoms with Gasteiger partial charge in [-0.15, -0.1) is 0 Å². The lowest BCUT2D eigenvalue weighted by Gasteiger charge is -2.04. The second-order valence-corrected chi connectivity index (χ2v) is 3.00. The first-order chi connectivity index (χ1) is 7.65. The fourth-order valence-electron chi connectivity index (χ4n) is 1.07. The van der Waals surface area contributed by atoms with Crippen LogP contribution < -0.4 is 5.32 Å². The van der Waals surface area contributed by atoms with Gasteiger partial charge in [-0.2, -0.15) is 0 Å². The van der Waals surface area contributed by atoms with Gasteiger partial charge in [0, 0.05) is 12.6 Å². The first-order valence-corrected chi connectivity index (χ1v) is 4.63. The zero-order chi connectivity index (χ0) is 12.0. The summed E-state index contributed by atoms with van der Waals surface area (Å²) in [7, 11) is 1.28. The molecular formula is C11H12N2O3. The van der Waals surface area contributed by atoms with Crippen molar-refractivity contribution in [3.8, 4) is 0 Å². The lowest BCUT2D eigenvalue weighted by atomic mass is 10.2. The maximum absolute atomic E-state index is 11.6. The molecule has 5 nitrogen and oxygen atoms in total. The molecule has 0 fully saturated rings. The Balaban J connectivity index is 2.78. The third kappa shape index (κ3) is 3.20. The van der Waals surface area contributed by atoms with Gasteiger partial charge < -0.3 is 10.2 Å². The highest BCUT2D eigenvalue weighted by Gasteiger charge is 2.17. The molecule has 0 aromatic heterocycles. The molecule has 0 aliphatic carbocycles. The molecule has 1 aromatic carbocycles. The topological polar surface area (TPSA) is 67.8 Å². The summed E-state index contributed by atoms with van der Waals surface area (Å²) in [6.07, 6.45) is 0. The van der Waals surface area contributed by atoms with Crippen molar-refractivity contribution in [1.29, 1.82) is 0 Å². The Kier molecular flexibility index (Phi) is 4.20. The lowest BCUT2D eigenvalue weighted by molar-refractivity contribution is -0.114. The number of nitrogens with one attached hydrogen (secondary N) is 1. The van der Waals surface area contributed by atoms with Crippen LogP contribution in [0.15, 0.2) is 35.5 Å². The number of Topliss-reactive ketones (excluding diaryl/α,β-unsaturated/α-hetero) is 1. The van der Waals surface area contributed by atoms with Gasteiger partial charge in [-0.25, -0.2) is 0 Å². The molecular weight excluding hydrogens is 208 g/mol. The van der Waals surface area contributed by atoms with E-state index in [0.29, 0.717) is 5.69 Å². The van der Waals surface area contributed by atoms with E-state index in [1.54, 1.807) is 24.3 Å². The van der Waals surface area contributed by atoms with Crippen molar-refractivity contribution in [1.82, 2.24) is 0 Å². The molecule has 0 saturated heterocycles. The molecule has 0 radical (unpaired) electrons. The molecule has 0 aliphatic heterocycles. The number of ketones is 1. The van der Waals surface area contributed by atoms with Crippen LogP contribution in [0.1, 0.15) is 6.92 Å². The summed E-state index contributed by atoms with van der Waals surface area (Å²) in [5.74, 6) is -1.03. The Bertz CT molecular complexity index is 412. The van der Waals surface area contributed by atoms with E-state index in [4.69, 9.17) is 0 Å². The smallest absolute Gasteiger partial charge is 0.281 e. The van der Waals surface area contributed by atoms with E-state index in [1.165, 1.54) is 14.0 Å². The van der Waals surface area contributed by atoms with Gasteiger partial charge in [-0.05, 0) is 12.1 Å². The summed E-state index contributed by atoms with van der Waals surface area (Å²) in [5.41, 5.74) is 0.337. The predicted molar refractivity (Wildman–Crippen MR) is 60.2 cm³/mol. The SMILES string of the molecule is CON=C(C(C)=O)C(=O)Nc1ccccc1. The van der Waals surface area contributed by atoms with E-state index in [9.17, 15) is 9.59 Å². The number of anilines is 1. The van der Waals surface area contributed by atoms with Gasteiger partial charge >= 0.3 is 0 Å². The molecule has 1 amide bonds. The van der Waals surface area contributed by atoms with Crippen molar-refractivity contribution in [2.24, 2.45) is 5.16 Å². The standard InChI is InChI=1S/C11H12N2O3/c1-8(14)10(13-16-2)11(15)12-9-6-4-3-5-7-9/h3-7H,1-2H3,(H,12,15). The van der Waals surface area contributed by atoms with Gasteiger partial charge in [0.2, 0.25) is 5.71 Å². The van der Waals surface area contributed by atoms with Crippen LogP contribution in [0.3, 0.4) is 0 Å². The average Bonchev–Trinajstić information content (AvgIpc) is 2.26. The molecule has 84 valence electrons. The molecule has 0 unspecified atom stereocenters. The number of hydrogen-bond donors (Lipinski definition) is 1. The van der Waals surface area contributed by atoms with Gasteiger partial charge in [0.15, 0.2) is 5.78 Å². The Morgan fingerprint density at radius 1 is 1.25 bits per heavy atom. The van der Waals surface area contributed by atoms with Crippen molar-refractivity contribution in [2.75, 3.05) is 12.4 Å². The quantitative estimate of drug-likeness (QED) is 0.471. The summed E-state index contributed by atoms with van der Waals surface area (Å²) >= 11 is 0. The van der Waals surface area contributed by atoms with Crippen LogP contribution in [0.4, 0.5) is 5.69 Å². The molecule has 1 N–H and O–H groups in total.